The minimum Gasteiger partial charge on any atom is -0.382 e. The third-order valence-electron chi connectivity index (χ3n) is 1.32. The topological polar surface area (TPSA) is 62.2 Å². The largest absolute Gasteiger partial charge is 0.382 e. The van der Waals surface area contributed by atoms with Crippen LogP contribution in [0.5, 0.6) is 0 Å². The maximum Gasteiger partial charge on any atom is 0.207 e. The molecule has 12 heavy (non-hydrogen) atoms. The molecule has 4 heteroatoms. The molecule has 0 fully saturated rings. The van der Waals surface area contributed by atoms with Crippen LogP contribution in [0.4, 0.5) is 0 Å². The van der Waals surface area contributed by atoms with Crippen LogP contribution in [0, 0.1) is 11.5 Å². The molecule has 60 valence electrons. The monoisotopic (exact) mass is 179 g/mol. The first-order valence-corrected chi connectivity index (χ1v) is 3.60. The van der Waals surface area contributed by atoms with Gasteiger partial charge in [-0.1, -0.05) is 23.7 Å². The Morgan fingerprint density at radius 3 is 2.75 bits per heavy atom. The summed E-state index contributed by atoms with van der Waals surface area (Å²) >= 11 is 5.78. The van der Waals surface area contributed by atoms with E-state index in [9.17, 15) is 0 Å². The van der Waals surface area contributed by atoms with Crippen LogP contribution in [0.3, 0.4) is 0 Å². The molecular formula is C8H6ClN3. The second-order valence-electron chi connectivity index (χ2n) is 2.08. The van der Waals surface area contributed by atoms with Crippen LogP contribution in [-0.2, 0) is 0 Å². The van der Waals surface area contributed by atoms with E-state index in [1.165, 1.54) is 0 Å². The van der Waals surface area contributed by atoms with E-state index >= 15 is 0 Å². The molecule has 1 aromatic carbocycles. The summed E-state index contributed by atoms with van der Waals surface area (Å²) in [6.45, 7) is 0. The number of nitriles is 1. The van der Waals surface area contributed by atoms with E-state index in [0.29, 0.717) is 10.6 Å². The number of hydrogen-bond donors (Lipinski definition) is 1. The van der Waals surface area contributed by atoms with Crippen LogP contribution in [0.1, 0.15) is 5.56 Å². The summed E-state index contributed by atoms with van der Waals surface area (Å²) in [7, 11) is 0. The van der Waals surface area contributed by atoms with Gasteiger partial charge in [0.25, 0.3) is 0 Å². The Morgan fingerprint density at radius 1 is 1.50 bits per heavy atom. The first-order valence-electron chi connectivity index (χ1n) is 3.23. The molecule has 0 spiro atoms. The van der Waals surface area contributed by atoms with Crippen LogP contribution in [0.2, 0.25) is 5.02 Å². The van der Waals surface area contributed by atoms with Gasteiger partial charge < -0.3 is 5.73 Å². The highest BCUT2D eigenvalue weighted by molar-refractivity contribution is 6.34. The highest BCUT2D eigenvalue weighted by Gasteiger charge is 2.01. The van der Waals surface area contributed by atoms with Gasteiger partial charge in [0.05, 0.1) is 5.02 Å². The molecule has 2 N–H and O–H groups in total. The lowest BCUT2D eigenvalue weighted by Crippen LogP contribution is -2.12. The third-order valence-corrected chi connectivity index (χ3v) is 1.65. The average Bonchev–Trinajstić information content (AvgIpc) is 2.05. The van der Waals surface area contributed by atoms with Gasteiger partial charge in [0, 0.05) is 5.56 Å². The fourth-order valence-electron chi connectivity index (χ4n) is 0.783. The van der Waals surface area contributed by atoms with Crippen molar-refractivity contribution in [1.82, 2.24) is 0 Å². The van der Waals surface area contributed by atoms with E-state index in [1.807, 2.05) is 0 Å². The number of rotatable bonds is 1. The Balaban J connectivity index is 3.13. The summed E-state index contributed by atoms with van der Waals surface area (Å²) in [4.78, 5) is 3.37. The Kier molecular flexibility index (Phi) is 2.67. The van der Waals surface area contributed by atoms with Crippen LogP contribution in [0.25, 0.3) is 0 Å². The van der Waals surface area contributed by atoms with Gasteiger partial charge in [0.2, 0.25) is 6.19 Å². The number of nitrogens with zero attached hydrogens (tertiary/aromatic N) is 2. The molecule has 0 aliphatic rings. The van der Waals surface area contributed by atoms with Crippen molar-refractivity contribution in [3.05, 3.63) is 34.9 Å². The summed E-state index contributed by atoms with van der Waals surface area (Å²) in [5, 5.41) is 8.72. The van der Waals surface area contributed by atoms with Crippen LogP contribution >= 0.6 is 11.6 Å². The normalized spacial score (nSPS) is 10.8. The molecule has 0 atom stereocenters. The van der Waals surface area contributed by atoms with E-state index in [1.54, 1.807) is 30.5 Å². The van der Waals surface area contributed by atoms with Gasteiger partial charge in [-0.05, 0) is 12.1 Å². The Labute approximate surface area is 75.1 Å². The Hall–Kier alpha value is -1.53. The van der Waals surface area contributed by atoms with Crippen LogP contribution in [-0.4, -0.2) is 5.84 Å². The van der Waals surface area contributed by atoms with Gasteiger partial charge in [-0.15, -0.1) is 0 Å². The zero-order chi connectivity index (χ0) is 8.97. The summed E-state index contributed by atoms with van der Waals surface area (Å²) in [5.41, 5.74) is 6.03. The smallest absolute Gasteiger partial charge is 0.207 e. The number of hydrogen-bond acceptors (Lipinski definition) is 2. The van der Waals surface area contributed by atoms with Crippen LogP contribution in [0.15, 0.2) is 29.3 Å². The molecule has 0 unspecified atom stereocenters. The zero-order valence-electron chi connectivity index (χ0n) is 6.16. The van der Waals surface area contributed by atoms with E-state index in [-0.39, 0.29) is 5.84 Å². The SMILES string of the molecule is N#CN=C(N)c1ccccc1Cl. The molecule has 0 aromatic heterocycles. The first kappa shape index (κ1) is 8.57. The van der Waals surface area contributed by atoms with Gasteiger partial charge in [0.1, 0.15) is 5.84 Å². The molecule has 3 nitrogen and oxygen atoms in total. The van der Waals surface area contributed by atoms with Crippen molar-refractivity contribution >= 4 is 17.4 Å². The molecule has 0 radical (unpaired) electrons. The fraction of sp³-hybridized carbons (Fsp3) is 0. The Morgan fingerprint density at radius 2 is 2.17 bits per heavy atom. The summed E-state index contributed by atoms with van der Waals surface area (Å²) < 4.78 is 0. The Bertz CT molecular complexity index is 352. The molecule has 0 aliphatic carbocycles. The summed E-state index contributed by atoms with van der Waals surface area (Å²) in [6, 6.07) is 6.96. The fourth-order valence-corrected chi connectivity index (χ4v) is 1.02. The average molecular weight is 180 g/mol. The standard InChI is InChI=1S/C8H6ClN3/c9-7-4-2-1-3-6(7)8(11)12-5-10/h1-4H,(H2,11,12). The minimum absolute atomic E-state index is 0.142. The molecule has 1 aromatic rings. The van der Waals surface area contributed by atoms with E-state index in [2.05, 4.69) is 4.99 Å². The predicted molar refractivity (Wildman–Crippen MR) is 47.8 cm³/mol. The van der Waals surface area contributed by atoms with E-state index < -0.39 is 0 Å². The second kappa shape index (κ2) is 3.74. The molecule has 0 aliphatic heterocycles. The lowest BCUT2D eigenvalue weighted by molar-refractivity contribution is 1.41. The van der Waals surface area contributed by atoms with Crippen molar-refractivity contribution in [3.8, 4) is 6.19 Å². The number of nitrogens with two attached hydrogens (primary N) is 1. The lowest BCUT2D eigenvalue weighted by Gasteiger charge is -1.99. The highest BCUT2D eigenvalue weighted by Crippen LogP contribution is 2.13. The number of amidine groups is 1. The first-order chi connectivity index (χ1) is 5.75. The van der Waals surface area contributed by atoms with Gasteiger partial charge >= 0.3 is 0 Å². The molecular weight excluding hydrogens is 174 g/mol. The number of benzene rings is 1. The molecule has 0 saturated heterocycles. The van der Waals surface area contributed by atoms with Gasteiger partial charge in [-0.2, -0.15) is 10.3 Å². The van der Waals surface area contributed by atoms with Crippen molar-refractivity contribution in [2.45, 2.75) is 0 Å². The summed E-state index contributed by atoms with van der Waals surface area (Å²) in [6.07, 6.45) is 1.60. The summed E-state index contributed by atoms with van der Waals surface area (Å²) in [5.74, 6) is 0.142. The second-order valence-corrected chi connectivity index (χ2v) is 2.48. The van der Waals surface area contributed by atoms with Crippen molar-refractivity contribution in [2.75, 3.05) is 0 Å². The molecule has 0 bridgehead atoms. The zero-order valence-corrected chi connectivity index (χ0v) is 6.92. The minimum atomic E-state index is 0.142. The van der Waals surface area contributed by atoms with Crippen molar-refractivity contribution < 1.29 is 0 Å². The van der Waals surface area contributed by atoms with Gasteiger partial charge in [0.15, 0.2) is 0 Å². The van der Waals surface area contributed by atoms with E-state index in [0.717, 1.165) is 0 Å². The van der Waals surface area contributed by atoms with Crippen molar-refractivity contribution in [2.24, 2.45) is 10.7 Å². The number of halogens is 1. The molecule has 1 rings (SSSR count). The molecule has 0 heterocycles. The molecule has 0 saturated carbocycles. The number of aliphatic imine (C=N–C) groups is 1. The van der Waals surface area contributed by atoms with Crippen molar-refractivity contribution in [1.29, 1.82) is 5.26 Å². The maximum absolute atomic E-state index is 8.23. The maximum atomic E-state index is 8.23. The third kappa shape index (κ3) is 1.74. The quantitative estimate of drug-likeness (QED) is 0.404. The van der Waals surface area contributed by atoms with Crippen LogP contribution < -0.4 is 5.73 Å². The van der Waals surface area contributed by atoms with Gasteiger partial charge in [-0.25, -0.2) is 0 Å². The lowest BCUT2D eigenvalue weighted by atomic mass is 10.2. The van der Waals surface area contributed by atoms with Crippen molar-refractivity contribution in [3.63, 3.8) is 0 Å². The predicted octanol–water partition coefficient (Wildman–Crippen LogP) is 1.53. The highest BCUT2D eigenvalue weighted by atomic mass is 35.5. The van der Waals surface area contributed by atoms with Gasteiger partial charge in [-0.3, -0.25) is 0 Å². The molecule has 0 amide bonds. The van der Waals surface area contributed by atoms with E-state index in [4.69, 9.17) is 22.6 Å².